The van der Waals surface area contributed by atoms with E-state index in [9.17, 15) is 18.0 Å². The van der Waals surface area contributed by atoms with Crippen LogP contribution in [0.4, 0.5) is 11.4 Å². The molecule has 1 aromatic heterocycles. The van der Waals surface area contributed by atoms with E-state index >= 15 is 0 Å². The van der Waals surface area contributed by atoms with E-state index in [1.807, 2.05) is 59.3 Å². The van der Waals surface area contributed by atoms with Gasteiger partial charge in [0.1, 0.15) is 5.75 Å². The summed E-state index contributed by atoms with van der Waals surface area (Å²) in [5.74, 6) is -0.630. The van der Waals surface area contributed by atoms with E-state index in [4.69, 9.17) is 4.74 Å². The number of carbonyl (C=O) groups excluding carboxylic acids is 2. The third-order valence-electron chi connectivity index (χ3n) is 5.59. The Hall–Kier alpha value is -4.70. The molecule has 2 amide bonds. The van der Waals surface area contributed by atoms with Crippen molar-refractivity contribution in [2.24, 2.45) is 0 Å². The summed E-state index contributed by atoms with van der Waals surface area (Å²) >= 11 is 0. The van der Waals surface area contributed by atoms with Crippen molar-refractivity contribution in [3.63, 3.8) is 0 Å². The van der Waals surface area contributed by atoms with Gasteiger partial charge in [-0.05, 0) is 65.7 Å². The standard InChI is InChI=1S/C29H28N4O5S/c1-39(36,37)33-28(34)20-38-25-15-9-21(10-16-25)26-7-2-3-8-27(26)29(35)32-24-13-11-23(12-14-24)31-19-17-22-6-4-5-18-30-22/h2-16,18,31H,17,19-20H2,1H3,(H,32,35)(H,33,34). The van der Waals surface area contributed by atoms with Crippen LogP contribution in [0.25, 0.3) is 11.1 Å². The van der Waals surface area contributed by atoms with Crippen LogP contribution in [0.2, 0.25) is 0 Å². The van der Waals surface area contributed by atoms with Crippen molar-refractivity contribution in [3.05, 3.63) is 108 Å². The van der Waals surface area contributed by atoms with Crippen LogP contribution in [0, 0.1) is 0 Å². The van der Waals surface area contributed by atoms with Crippen LogP contribution in [0.3, 0.4) is 0 Å². The lowest BCUT2D eigenvalue weighted by molar-refractivity contribution is -0.121. The average molecular weight is 545 g/mol. The first kappa shape index (κ1) is 27.3. The minimum Gasteiger partial charge on any atom is -0.484 e. The van der Waals surface area contributed by atoms with Gasteiger partial charge in [-0.15, -0.1) is 0 Å². The van der Waals surface area contributed by atoms with Crippen LogP contribution in [0.15, 0.2) is 97.2 Å². The lowest BCUT2D eigenvalue weighted by Gasteiger charge is -2.12. The fourth-order valence-electron chi connectivity index (χ4n) is 3.80. The van der Waals surface area contributed by atoms with Crippen molar-refractivity contribution in [2.45, 2.75) is 6.42 Å². The second-order valence-corrected chi connectivity index (χ2v) is 10.4. The van der Waals surface area contributed by atoms with Gasteiger partial charge in [0.25, 0.3) is 11.8 Å². The predicted molar refractivity (Wildman–Crippen MR) is 151 cm³/mol. The molecule has 0 radical (unpaired) electrons. The molecule has 1 heterocycles. The molecule has 4 aromatic rings. The minimum absolute atomic E-state index is 0.251. The first-order chi connectivity index (χ1) is 18.8. The Labute approximate surface area is 227 Å². The summed E-state index contributed by atoms with van der Waals surface area (Å²) in [6, 6.07) is 27.4. The van der Waals surface area contributed by atoms with Gasteiger partial charge in [-0.25, -0.2) is 8.42 Å². The molecule has 0 unspecified atom stereocenters. The highest BCUT2D eigenvalue weighted by atomic mass is 32.2. The van der Waals surface area contributed by atoms with Crippen molar-refractivity contribution >= 4 is 33.2 Å². The van der Waals surface area contributed by atoms with Crippen molar-refractivity contribution in [2.75, 3.05) is 30.0 Å². The molecule has 10 heteroatoms. The van der Waals surface area contributed by atoms with Gasteiger partial charge >= 0.3 is 0 Å². The molecule has 0 atom stereocenters. The van der Waals surface area contributed by atoms with Crippen LogP contribution in [0.1, 0.15) is 16.1 Å². The molecule has 200 valence electrons. The number of anilines is 2. The van der Waals surface area contributed by atoms with E-state index in [0.717, 1.165) is 41.7 Å². The number of ether oxygens (including phenoxy) is 1. The van der Waals surface area contributed by atoms with Gasteiger partial charge in [-0.3, -0.25) is 19.3 Å². The van der Waals surface area contributed by atoms with Crippen LogP contribution < -0.4 is 20.1 Å². The molecule has 3 N–H and O–H groups in total. The molecular weight excluding hydrogens is 516 g/mol. The highest BCUT2D eigenvalue weighted by molar-refractivity contribution is 7.89. The molecule has 4 rings (SSSR count). The molecule has 0 saturated heterocycles. The minimum atomic E-state index is -3.64. The lowest BCUT2D eigenvalue weighted by atomic mass is 9.99. The molecule has 0 aliphatic rings. The summed E-state index contributed by atoms with van der Waals surface area (Å²) in [5, 5.41) is 6.30. The Morgan fingerprint density at radius 3 is 2.23 bits per heavy atom. The molecule has 0 aliphatic heterocycles. The molecular formula is C29H28N4O5S. The Morgan fingerprint density at radius 2 is 1.54 bits per heavy atom. The van der Waals surface area contributed by atoms with Crippen molar-refractivity contribution in [1.29, 1.82) is 0 Å². The topological polar surface area (TPSA) is 126 Å². The summed E-state index contributed by atoms with van der Waals surface area (Å²) < 4.78 is 29.5. The first-order valence-electron chi connectivity index (χ1n) is 12.1. The summed E-state index contributed by atoms with van der Waals surface area (Å²) in [5.41, 5.74) is 4.63. The second-order valence-electron chi connectivity index (χ2n) is 8.69. The molecule has 0 bridgehead atoms. The molecule has 0 fully saturated rings. The van der Waals surface area contributed by atoms with Gasteiger partial charge in [0.15, 0.2) is 6.61 Å². The maximum atomic E-state index is 13.1. The molecule has 0 aliphatic carbocycles. The molecule has 0 saturated carbocycles. The van der Waals surface area contributed by atoms with Crippen LogP contribution in [-0.4, -0.2) is 44.6 Å². The van der Waals surface area contributed by atoms with E-state index in [1.165, 1.54) is 0 Å². The number of nitrogens with one attached hydrogen (secondary N) is 3. The maximum absolute atomic E-state index is 13.1. The number of rotatable bonds is 11. The first-order valence-corrected chi connectivity index (χ1v) is 14.0. The number of nitrogens with zero attached hydrogens (tertiary/aromatic N) is 1. The molecule has 3 aromatic carbocycles. The van der Waals surface area contributed by atoms with Gasteiger partial charge in [-0.2, -0.15) is 0 Å². The molecule has 0 spiro atoms. The Morgan fingerprint density at radius 1 is 0.846 bits per heavy atom. The zero-order valence-corrected chi connectivity index (χ0v) is 22.1. The van der Waals surface area contributed by atoms with E-state index < -0.39 is 22.5 Å². The highest BCUT2D eigenvalue weighted by Gasteiger charge is 2.14. The van der Waals surface area contributed by atoms with Gasteiger partial charge in [-0.1, -0.05) is 36.4 Å². The lowest BCUT2D eigenvalue weighted by Crippen LogP contribution is -2.33. The monoisotopic (exact) mass is 544 g/mol. The Kier molecular flexibility index (Phi) is 8.90. The predicted octanol–water partition coefficient (Wildman–Crippen LogP) is 4.11. The zero-order chi connectivity index (χ0) is 27.7. The number of carbonyl (C=O) groups is 2. The number of sulfonamides is 1. The van der Waals surface area contributed by atoms with Crippen molar-refractivity contribution in [1.82, 2.24) is 9.71 Å². The van der Waals surface area contributed by atoms with Crippen LogP contribution in [0.5, 0.6) is 5.75 Å². The Bertz CT molecular complexity index is 1520. The van der Waals surface area contributed by atoms with E-state index in [2.05, 4.69) is 15.6 Å². The number of hydrogen-bond acceptors (Lipinski definition) is 7. The number of amides is 2. The maximum Gasteiger partial charge on any atom is 0.271 e. The fourth-order valence-corrected chi connectivity index (χ4v) is 4.27. The number of hydrogen-bond donors (Lipinski definition) is 3. The summed E-state index contributed by atoms with van der Waals surface area (Å²) in [6.45, 7) is 0.303. The molecule has 9 nitrogen and oxygen atoms in total. The quantitative estimate of drug-likeness (QED) is 0.259. The number of pyridine rings is 1. The van der Waals surface area contributed by atoms with E-state index in [0.29, 0.717) is 17.0 Å². The SMILES string of the molecule is CS(=O)(=O)NC(=O)COc1ccc(-c2ccccc2C(=O)Nc2ccc(NCCc3ccccn3)cc2)cc1. The summed E-state index contributed by atoms with van der Waals surface area (Å²) in [6.07, 6.45) is 3.48. The molecule has 39 heavy (non-hydrogen) atoms. The van der Waals surface area contributed by atoms with Gasteiger partial charge in [0, 0.05) is 41.8 Å². The summed E-state index contributed by atoms with van der Waals surface area (Å²) in [4.78, 5) is 29.1. The van der Waals surface area contributed by atoms with E-state index in [1.54, 1.807) is 42.6 Å². The summed E-state index contributed by atoms with van der Waals surface area (Å²) in [7, 11) is -3.64. The van der Waals surface area contributed by atoms with Gasteiger partial charge < -0.3 is 15.4 Å². The van der Waals surface area contributed by atoms with Gasteiger partial charge in [0.2, 0.25) is 10.0 Å². The largest absolute Gasteiger partial charge is 0.484 e. The smallest absolute Gasteiger partial charge is 0.271 e. The van der Waals surface area contributed by atoms with Crippen LogP contribution >= 0.6 is 0 Å². The fraction of sp³-hybridized carbons (Fsp3) is 0.138. The van der Waals surface area contributed by atoms with Crippen molar-refractivity contribution < 1.29 is 22.7 Å². The third-order valence-corrected chi connectivity index (χ3v) is 6.18. The highest BCUT2D eigenvalue weighted by Crippen LogP contribution is 2.27. The van der Waals surface area contributed by atoms with E-state index in [-0.39, 0.29) is 5.91 Å². The second kappa shape index (κ2) is 12.7. The van der Waals surface area contributed by atoms with Crippen LogP contribution in [-0.2, 0) is 21.2 Å². The van der Waals surface area contributed by atoms with Crippen molar-refractivity contribution in [3.8, 4) is 16.9 Å². The van der Waals surface area contributed by atoms with Gasteiger partial charge in [0.05, 0.1) is 6.26 Å². The Balaban J connectivity index is 1.35. The average Bonchev–Trinajstić information content (AvgIpc) is 2.93. The number of aromatic nitrogens is 1. The number of benzene rings is 3. The zero-order valence-electron chi connectivity index (χ0n) is 21.3. The third kappa shape index (κ3) is 8.41. The normalized spacial score (nSPS) is 10.9.